The third kappa shape index (κ3) is 42.8. The molecule has 1 amide bonds. The van der Waals surface area contributed by atoms with Gasteiger partial charge in [0.05, 0.1) is 18.8 Å². The summed E-state index contributed by atoms with van der Waals surface area (Å²) < 4.78 is 0. The van der Waals surface area contributed by atoms with E-state index >= 15 is 0 Å². The number of hydrogen-bond donors (Lipinski definition) is 4. The van der Waals surface area contributed by atoms with Crippen molar-refractivity contribution in [2.24, 2.45) is 0 Å². The van der Waals surface area contributed by atoms with E-state index in [0.717, 1.165) is 44.9 Å². The van der Waals surface area contributed by atoms with Gasteiger partial charge in [0.25, 0.3) is 0 Å². The van der Waals surface area contributed by atoms with Gasteiger partial charge in [-0.2, -0.15) is 0 Å². The third-order valence-corrected chi connectivity index (χ3v) is 12.0. The molecule has 5 heteroatoms. The second-order valence-electron chi connectivity index (χ2n) is 17.7. The molecule has 0 heterocycles. The maximum Gasteiger partial charge on any atom is 0.220 e. The van der Waals surface area contributed by atoms with Crippen LogP contribution in [-0.2, 0) is 4.79 Å². The first-order chi connectivity index (χ1) is 28.1. The van der Waals surface area contributed by atoms with Crippen LogP contribution in [0.1, 0.15) is 277 Å². The Kier molecular flexibility index (Phi) is 46.5. The first-order valence-corrected chi connectivity index (χ1v) is 25.6. The number of amides is 1. The Bertz CT molecular complexity index is 844. The minimum absolute atomic E-state index is 0.153. The normalized spacial score (nSPS) is 13.6. The number of unbranched alkanes of at least 4 members (excludes halogenated alkanes) is 35. The van der Waals surface area contributed by atoms with Crippen LogP contribution in [0.15, 0.2) is 24.3 Å². The van der Waals surface area contributed by atoms with Crippen molar-refractivity contribution in [2.75, 3.05) is 6.61 Å². The molecule has 4 N–H and O–H groups in total. The Hall–Kier alpha value is -1.17. The Balaban J connectivity index is 3.62. The van der Waals surface area contributed by atoms with Crippen LogP contribution in [0.3, 0.4) is 0 Å². The highest BCUT2D eigenvalue weighted by molar-refractivity contribution is 5.76. The molecule has 338 valence electrons. The molecule has 3 atom stereocenters. The number of allylic oxidation sites excluding steroid dienone is 4. The maximum atomic E-state index is 12.5. The van der Waals surface area contributed by atoms with E-state index in [1.807, 2.05) is 0 Å². The highest BCUT2D eigenvalue weighted by Gasteiger charge is 2.26. The van der Waals surface area contributed by atoms with Crippen molar-refractivity contribution in [2.45, 2.75) is 295 Å². The standard InChI is InChI=1S/C52H101NO4/c1-3-5-7-9-11-13-15-17-19-21-23-25-26-27-28-30-32-34-36-38-40-42-44-46-50(55)52(57)49(48-54)53-51(56)47-45-43-41-39-37-35-33-31-29-24-22-20-18-16-14-12-10-8-6-4-2/h30,32,38,40,49-50,52,54-55,57H,3-29,31,33-37,39,41-48H2,1-2H3,(H,53,56)/b32-30+,40-38+. The summed E-state index contributed by atoms with van der Waals surface area (Å²) in [6.45, 7) is 4.19. The van der Waals surface area contributed by atoms with Gasteiger partial charge in [0, 0.05) is 6.42 Å². The largest absolute Gasteiger partial charge is 0.394 e. The molecule has 0 aliphatic heterocycles. The zero-order chi connectivity index (χ0) is 41.5. The Morgan fingerprint density at radius 1 is 0.421 bits per heavy atom. The molecule has 0 saturated heterocycles. The van der Waals surface area contributed by atoms with Crippen molar-refractivity contribution < 1.29 is 20.1 Å². The molecule has 0 aliphatic rings. The molecule has 0 aromatic carbocycles. The average Bonchev–Trinajstić information content (AvgIpc) is 3.22. The monoisotopic (exact) mass is 804 g/mol. The lowest BCUT2D eigenvalue weighted by Gasteiger charge is -2.26. The van der Waals surface area contributed by atoms with E-state index in [0.29, 0.717) is 12.8 Å². The van der Waals surface area contributed by atoms with Crippen LogP contribution in [0.2, 0.25) is 0 Å². The second kappa shape index (κ2) is 47.5. The van der Waals surface area contributed by atoms with E-state index in [9.17, 15) is 20.1 Å². The molecule has 0 rings (SSSR count). The van der Waals surface area contributed by atoms with E-state index in [1.54, 1.807) is 0 Å². The van der Waals surface area contributed by atoms with Crippen molar-refractivity contribution in [3.63, 3.8) is 0 Å². The Morgan fingerprint density at radius 2 is 0.719 bits per heavy atom. The van der Waals surface area contributed by atoms with Crippen LogP contribution in [0, 0.1) is 0 Å². The van der Waals surface area contributed by atoms with E-state index in [-0.39, 0.29) is 12.5 Å². The average molecular weight is 804 g/mol. The molecular formula is C52H101NO4. The summed E-state index contributed by atoms with van der Waals surface area (Å²) in [6.07, 6.45) is 58.8. The summed E-state index contributed by atoms with van der Waals surface area (Å²) >= 11 is 0. The summed E-state index contributed by atoms with van der Waals surface area (Å²) in [4.78, 5) is 12.5. The summed E-state index contributed by atoms with van der Waals surface area (Å²) in [5, 5.41) is 33.6. The zero-order valence-electron chi connectivity index (χ0n) is 38.5. The number of rotatable bonds is 47. The predicted molar refractivity (Wildman–Crippen MR) is 250 cm³/mol. The molecular weight excluding hydrogens is 703 g/mol. The molecule has 0 spiro atoms. The first kappa shape index (κ1) is 55.8. The van der Waals surface area contributed by atoms with Gasteiger partial charge in [0.2, 0.25) is 5.91 Å². The molecule has 57 heavy (non-hydrogen) atoms. The highest BCUT2D eigenvalue weighted by Crippen LogP contribution is 2.17. The smallest absolute Gasteiger partial charge is 0.220 e. The van der Waals surface area contributed by atoms with Crippen molar-refractivity contribution >= 4 is 5.91 Å². The van der Waals surface area contributed by atoms with E-state index < -0.39 is 18.2 Å². The minimum Gasteiger partial charge on any atom is -0.394 e. The van der Waals surface area contributed by atoms with Crippen molar-refractivity contribution in [3.05, 3.63) is 24.3 Å². The first-order valence-electron chi connectivity index (χ1n) is 25.6. The predicted octanol–water partition coefficient (Wildman–Crippen LogP) is 15.3. The van der Waals surface area contributed by atoms with Gasteiger partial charge in [-0.05, 0) is 51.4 Å². The van der Waals surface area contributed by atoms with Gasteiger partial charge in [-0.25, -0.2) is 0 Å². The quantitative estimate of drug-likeness (QED) is 0.0364. The van der Waals surface area contributed by atoms with Crippen LogP contribution < -0.4 is 5.32 Å². The lowest BCUT2D eigenvalue weighted by molar-refractivity contribution is -0.124. The number of aliphatic hydroxyl groups excluding tert-OH is 3. The molecule has 0 bridgehead atoms. The van der Waals surface area contributed by atoms with E-state index in [2.05, 4.69) is 43.5 Å². The molecule has 0 aliphatic carbocycles. The molecule has 3 unspecified atom stereocenters. The lowest BCUT2D eigenvalue weighted by Crippen LogP contribution is -2.50. The van der Waals surface area contributed by atoms with Crippen molar-refractivity contribution in [3.8, 4) is 0 Å². The number of carbonyl (C=O) groups excluding carboxylic acids is 1. The second-order valence-corrected chi connectivity index (χ2v) is 17.7. The van der Waals surface area contributed by atoms with Gasteiger partial charge < -0.3 is 20.6 Å². The van der Waals surface area contributed by atoms with Crippen LogP contribution in [-0.4, -0.2) is 46.1 Å². The summed E-state index contributed by atoms with van der Waals surface area (Å²) in [5.74, 6) is -0.153. The number of hydrogen-bond acceptors (Lipinski definition) is 4. The maximum absolute atomic E-state index is 12.5. The van der Waals surface area contributed by atoms with Crippen LogP contribution in [0.5, 0.6) is 0 Å². The summed E-state index contributed by atoms with van der Waals surface area (Å²) in [6, 6.07) is -0.829. The number of aliphatic hydroxyl groups is 3. The summed E-state index contributed by atoms with van der Waals surface area (Å²) in [5.41, 5.74) is 0. The van der Waals surface area contributed by atoms with Crippen molar-refractivity contribution in [1.29, 1.82) is 0 Å². The third-order valence-electron chi connectivity index (χ3n) is 12.0. The molecule has 0 aromatic heterocycles. The lowest BCUT2D eigenvalue weighted by atomic mass is 10.0. The van der Waals surface area contributed by atoms with Gasteiger partial charge >= 0.3 is 0 Å². The van der Waals surface area contributed by atoms with E-state index in [1.165, 1.54) is 205 Å². The van der Waals surface area contributed by atoms with Crippen LogP contribution >= 0.6 is 0 Å². The Labute approximate surface area is 356 Å². The van der Waals surface area contributed by atoms with Crippen LogP contribution in [0.4, 0.5) is 0 Å². The number of carbonyl (C=O) groups is 1. The van der Waals surface area contributed by atoms with Crippen LogP contribution in [0.25, 0.3) is 0 Å². The van der Waals surface area contributed by atoms with Gasteiger partial charge in [0.1, 0.15) is 6.10 Å². The molecule has 0 radical (unpaired) electrons. The topological polar surface area (TPSA) is 89.8 Å². The molecule has 0 fully saturated rings. The molecule has 5 nitrogen and oxygen atoms in total. The fourth-order valence-corrected chi connectivity index (χ4v) is 8.06. The molecule has 0 saturated carbocycles. The Morgan fingerprint density at radius 3 is 1.07 bits per heavy atom. The number of nitrogens with one attached hydrogen (secondary N) is 1. The molecule has 0 aromatic rings. The van der Waals surface area contributed by atoms with Gasteiger partial charge in [0.15, 0.2) is 0 Å². The minimum atomic E-state index is -1.16. The summed E-state index contributed by atoms with van der Waals surface area (Å²) in [7, 11) is 0. The fraction of sp³-hybridized carbons (Fsp3) is 0.904. The van der Waals surface area contributed by atoms with Gasteiger partial charge in [-0.3, -0.25) is 4.79 Å². The highest BCUT2D eigenvalue weighted by atomic mass is 16.3. The van der Waals surface area contributed by atoms with E-state index in [4.69, 9.17) is 0 Å². The van der Waals surface area contributed by atoms with Gasteiger partial charge in [-0.1, -0.05) is 244 Å². The van der Waals surface area contributed by atoms with Gasteiger partial charge in [-0.15, -0.1) is 0 Å². The zero-order valence-corrected chi connectivity index (χ0v) is 38.5. The SMILES string of the molecule is CCCCCCCCCCCCCCCC/C=C/CC/C=C/CCCC(O)C(O)C(CO)NC(=O)CCCCCCCCCCCCCCCCCCCCCC. The fourth-order valence-electron chi connectivity index (χ4n) is 8.06. The van der Waals surface area contributed by atoms with Crippen molar-refractivity contribution in [1.82, 2.24) is 5.32 Å².